The Bertz CT molecular complexity index is 408. The topological polar surface area (TPSA) is 68.8 Å². The summed E-state index contributed by atoms with van der Waals surface area (Å²) in [5.74, 6) is 5.54. The van der Waals surface area contributed by atoms with Crippen molar-refractivity contribution in [3.05, 3.63) is 34.5 Å². The van der Waals surface area contributed by atoms with Crippen molar-refractivity contribution in [2.24, 2.45) is 5.84 Å². The molecule has 1 atom stereocenters. The zero-order valence-corrected chi connectivity index (χ0v) is 9.24. The first-order valence-corrected chi connectivity index (χ1v) is 5.60. The maximum atomic E-state index is 5.54. The maximum absolute atomic E-state index is 5.54. The molecule has 80 valence electrons. The molecule has 2 aromatic heterocycles. The number of aromatic nitrogens is 3. The lowest BCUT2D eigenvalue weighted by Gasteiger charge is -2.10. The Balaban J connectivity index is 2.27. The SMILES string of the molecule is CCn1cc(C(NN)c2cncs2)cn1. The van der Waals surface area contributed by atoms with Crippen LogP contribution in [-0.4, -0.2) is 14.8 Å². The Kier molecular flexibility index (Phi) is 3.10. The summed E-state index contributed by atoms with van der Waals surface area (Å²) in [5.41, 5.74) is 5.63. The minimum absolute atomic E-state index is 0.0159. The summed E-state index contributed by atoms with van der Waals surface area (Å²) >= 11 is 1.58. The molecule has 0 saturated heterocycles. The van der Waals surface area contributed by atoms with Crippen LogP contribution in [0.1, 0.15) is 23.4 Å². The van der Waals surface area contributed by atoms with Crippen LogP contribution in [0.2, 0.25) is 0 Å². The van der Waals surface area contributed by atoms with E-state index in [-0.39, 0.29) is 6.04 Å². The van der Waals surface area contributed by atoms with Crippen LogP contribution in [0.4, 0.5) is 0 Å². The van der Waals surface area contributed by atoms with Gasteiger partial charge in [0.2, 0.25) is 0 Å². The van der Waals surface area contributed by atoms with Crippen molar-refractivity contribution >= 4 is 11.3 Å². The summed E-state index contributed by atoms with van der Waals surface area (Å²) in [7, 11) is 0. The molecule has 0 bridgehead atoms. The second-order valence-corrected chi connectivity index (χ2v) is 4.05. The first-order valence-electron chi connectivity index (χ1n) is 4.72. The Hall–Kier alpha value is -1.24. The number of nitrogens with one attached hydrogen (secondary N) is 1. The molecule has 2 heterocycles. The highest BCUT2D eigenvalue weighted by molar-refractivity contribution is 7.09. The summed E-state index contributed by atoms with van der Waals surface area (Å²) in [4.78, 5) is 5.13. The van der Waals surface area contributed by atoms with Gasteiger partial charge in [-0.25, -0.2) is 5.43 Å². The van der Waals surface area contributed by atoms with E-state index in [0.29, 0.717) is 0 Å². The lowest BCUT2D eigenvalue weighted by molar-refractivity contribution is 0.636. The highest BCUT2D eigenvalue weighted by atomic mass is 32.1. The molecule has 6 heteroatoms. The molecule has 0 fully saturated rings. The average molecular weight is 223 g/mol. The number of rotatable bonds is 4. The van der Waals surface area contributed by atoms with Gasteiger partial charge in [-0.1, -0.05) is 0 Å². The van der Waals surface area contributed by atoms with Crippen molar-refractivity contribution in [3.63, 3.8) is 0 Å². The fourth-order valence-electron chi connectivity index (χ4n) is 1.41. The second kappa shape index (κ2) is 4.52. The van der Waals surface area contributed by atoms with Gasteiger partial charge in [-0.3, -0.25) is 15.5 Å². The zero-order valence-electron chi connectivity index (χ0n) is 8.42. The fourth-order valence-corrected chi connectivity index (χ4v) is 2.12. The Morgan fingerprint density at radius 2 is 2.47 bits per heavy atom. The van der Waals surface area contributed by atoms with Crippen LogP contribution in [0.5, 0.6) is 0 Å². The van der Waals surface area contributed by atoms with Crippen molar-refractivity contribution < 1.29 is 0 Å². The van der Waals surface area contributed by atoms with Gasteiger partial charge in [0.05, 0.1) is 17.7 Å². The van der Waals surface area contributed by atoms with Crippen LogP contribution < -0.4 is 11.3 Å². The van der Waals surface area contributed by atoms with E-state index >= 15 is 0 Å². The van der Waals surface area contributed by atoms with Gasteiger partial charge in [0.15, 0.2) is 0 Å². The lowest BCUT2D eigenvalue weighted by Crippen LogP contribution is -2.27. The molecule has 0 aliphatic carbocycles. The van der Waals surface area contributed by atoms with Crippen molar-refractivity contribution in [1.29, 1.82) is 0 Å². The molecule has 0 radical (unpaired) electrons. The highest BCUT2D eigenvalue weighted by Crippen LogP contribution is 2.23. The van der Waals surface area contributed by atoms with Crippen LogP contribution in [0, 0.1) is 0 Å². The molecule has 2 aromatic rings. The Labute approximate surface area is 91.9 Å². The number of hydrogen-bond acceptors (Lipinski definition) is 5. The normalized spacial score (nSPS) is 12.9. The van der Waals surface area contributed by atoms with Crippen LogP contribution in [0.3, 0.4) is 0 Å². The summed E-state index contributed by atoms with van der Waals surface area (Å²) in [5, 5.41) is 4.22. The molecule has 3 N–H and O–H groups in total. The monoisotopic (exact) mass is 223 g/mol. The minimum atomic E-state index is -0.0159. The van der Waals surface area contributed by atoms with Gasteiger partial charge in [0.1, 0.15) is 0 Å². The van der Waals surface area contributed by atoms with Gasteiger partial charge in [-0.2, -0.15) is 5.10 Å². The lowest BCUT2D eigenvalue weighted by atomic mass is 10.1. The molecule has 2 rings (SSSR count). The van der Waals surface area contributed by atoms with Gasteiger partial charge in [-0.15, -0.1) is 11.3 Å². The Morgan fingerprint density at radius 1 is 1.60 bits per heavy atom. The van der Waals surface area contributed by atoms with E-state index in [2.05, 4.69) is 15.5 Å². The number of thiazole rings is 1. The van der Waals surface area contributed by atoms with Crippen LogP contribution >= 0.6 is 11.3 Å². The summed E-state index contributed by atoms with van der Waals surface area (Å²) in [6.45, 7) is 2.91. The summed E-state index contributed by atoms with van der Waals surface area (Å²) < 4.78 is 1.88. The number of hydrazine groups is 1. The molecule has 0 spiro atoms. The molecule has 0 aromatic carbocycles. The molecular formula is C9H13N5S. The van der Waals surface area contributed by atoms with Crippen LogP contribution in [-0.2, 0) is 6.54 Å². The maximum Gasteiger partial charge on any atom is 0.0848 e. The van der Waals surface area contributed by atoms with Gasteiger partial charge >= 0.3 is 0 Å². The smallest absolute Gasteiger partial charge is 0.0848 e. The first kappa shape index (κ1) is 10.3. The number of aryl methyl sites for hydroxylation is 1. The third-order valence-electron chi connectivity index (χ3n) is 2.21. The third-order valence-corrected chi connectivity index (χ3v) is 3.05. The van der Waals surface area contributed by atoms with Crippen molar-refractivity contribution in [3.8, 4) is 0 Å². The summed E-state index contributed by atoms with van der Waals surface area (Å²) in [6, 6.07) is -0.0159. The number of hydrogen-bond donors (Lipinski definition) is 2. The number of nitrogens with zero attached hydrogens (tertiary/aromatic N) is 3. The first-order chi connectivity index (χ1) is 7.35. The van der Waals surface area contributed by atoms with E-state index in [4.69, 9.17) is 5.84 Å². The predicted molar refractivity (Wildman–Crippen MR) is 59.2 cm³/mol. The van der Waals surface area contributed by atoms with E-state index in [1.807, 2.05) is 30.2 Å². The van der Waals surface area contributed by atoms with E-state index in [0.717, 1.165) is 17.0 Å². The molecular weight excluding hydrogens is 210 g/mol. The van der Waals surface area contributed by atoms with E-state index in [9.17, 15) is 0 Å². The van der Waals surface area contributed by atoms with Gasteiger partial charge in [-0.05, 0) is 6.92 Å². The van der Waals surface area contributed by atoms with E-state index in [1.54, 1.807) is 16.8 Å². The minimum Gasteiger partial charge on any atom is -0.273 e. The standard InChI is InChI=1S/C9H13N5S/c1-2-14-5-7(3-12-14)9(13-10)8-4-11-6-15-8/h3-6,9,13H,2,10H2,1H3. The largest absolute Gasteiger partial charge is 0.273 e. The average Bonchev–Trinajstić information content (AvgIpc) is 2.89. The van der Waals surface area contributed by atoms with Gasteiger partial charge in [0.25, 0.3) is 0 Å². The molecule has 15 heavy (non-hydrogen) atoms. The second-order valence-electron chi connectivity index (χ2n) is 3.13. The predicted octanol–water partition coefficient (Wildman–Crippen LogP) is 0.912. The van der Waals surface area contributed by atoms with Crippen molar-refractivity contribution in [1.82, 2.24) is 20.2 Å². The molecule has 1 unspecified atom stereocenters. The van der Waals surface area contributed by atoms with Crippen molar-refractivity contribution in [2.45, 2.75) is 19.5 Å². The molecule has 0 saturated carbocycles. The van der Waals surface area contributed by atoms with Gasteiger partial charge in [0, 0.05) is 29.4 Å². The quantitative estimate of drug-likeness (QED) is 0.597. The zero-order chi connectivity index (χ0) is 10.7. The van der Waals surface area contributed by atoms with E-state index in [1.165, 1.54) is 0 Å². The molecule has 5 nitrogen and oxygen atoms in total. The van der Waals surface area contributed by atoms with E-state index < -0.39 is 0 Å². The van der Waals surface area contributed by atoms with Crippen molar-refractivity contribution in [2.75, 3.05) is 0 Å². The highest BCUT2D eigenvalue weighted by Gasteiger charge is 2.15. The third kappa shape index (κ3) is 2.06. The van der Waals surface area contributed by atoms with Gasteiger partial charge < -0.3 is 0 Å². The summed E-state index contributed by atoms with van der Waals surface area (Å²) in [6.07, 6.45) is 5.64. The Morgan fingerprint density at radius 3 is 3.00 bits per heavy atom. The molecule has 0 aliphatic heterocycles. The van der Waals surface area contributed by atoms with Crippen LogP contribution in [0.25, 0.3) is 0 Å². The molecule has 0 aliphatic rings. The van der Waals surface area contributed by atoms with Crippen LogP contribution in [0.15, 0.2) is 24.1 Å². The molecule has 0 amide bonds. The number of nitrogens with two attached hydrogens (primary N) is 1. The fraction of sp³-hybridized carbons (Fsp3) is 0.333.